The minimum Gasteiger partial charge on any atom is -0.497 e. The van der Waals surface area contributed by atoms with Crippen LogP contribution in [-0.2, 0) is 0 Å². The standard InChI is InChI=1S/C32H25N5O3S/c1-3-19-40-27-14-9-22(10-15-27)11-18-29-33-32-37(34-29)31(38)28(41-32)20-24-21-36(25-7-5-4-6-8-25)35-30(24)23-12-16-26(39-2)17-13-23/h3-18,20-21H,1,19H2,2H3/b18-11+,28-20-. The van der Waals surface area contributed by atoms with Crippen molar-refractivity contribution in [3.05, 3.63) is 130 Å². The molecule has 0 amide bonds. The summed E-state index contributed by atoms with van der Waals surface area (Å²) in [5.41, 5.74) is 4.12. The molecule has 0 N–H and O–H groups in total. The summed E-state index contributed by atoms with van der Waals surface area (Å²) >= 11 is 1.29. The molecular formula is C32H25N5O3S. The maximum Gasteiger partial charge on any atom is 0.291 e. The highest BCUT2D eigenvalue weighted by atomic mass is 32.1. The van der Waals surface area contributed by atoms with Gasteiger partial charge in [-0.3, -0.25) is 4.79 Å². The fourth-order valence-corrected chi connectivity index (χ4v) is 5.15. The summed E-state index contributed by atoms with van der Waals surface area (Å²) < 4.78 is 14.5. The maximum absolute atomic E-state index is 13.3. The second-order valence-electron chi connectivity index (χ2n) is 9.02. The van der Waals surface area contributed by atoms with Crippen molar-refractivity contribution in [2.75, 3.05) is 13.7 Å². The predicted molar refractivity (Wildman–Crippen MR) is 163 cm³/mol. The van der Waals surface area contributed by atoms with Crippen LogP contribution in [0.4, 0.5) is 0 Å². The van der Waals surface area contributed by atoms with Gasteiger partial charge in [-0.25, -0.2) is 4.68 Å². The first-order chi connectivity index (χ1) is 20.1. The zero-order valence-corrected chi connectivity index (χ0v) is 23.0. The summed E-state index contributed by atoms with van der Waals surface area (Å²) in [6.45, 7) is 4.11. The van der Waals surface area contributed by atoms with E-state index < -0.39 is 0 Å². The van der Waals surface area contributed by atoms with E-state index >= 15 is 0 Å². The minimum absolute atomic E-state index is 0.228. The van der Waals surface area contributed by atoms with Gasteiger partial charge >= 0.3 is 0 Å². The third-order valence-electron chi connectivity index (χ3n) is 6.28. The fraction of sp³-hybridized carbons (Fsp3) is 0.0625. The van der Waals surface area contributed by atoms with Gasteiger partial charge in [0.15, 0.2) is 5.82 Å². The quantitative estimate of drug-likeness (QED) is 0.224. The minimum atomic E-state index is -0.228. The molecule has 6 aromatic rings. The van der Waals surface area contributed by atoms with Crippen LogP contribution in [0.3, 0.4) is 0 Å². The average Bonchev–Trinajstić information content (AvgIpc) is 3.70. The Bertz CT molecular complexity index is 1950. The van der Waals surface area contributed by atoms with Gasteiger partial charge in [-0.1, -0.05) is 60.4 Å². The lowest BCUT2D eigenvalue weighted by molar-refractivity contribution is 0.363. The molecule has 6 rings (SSSR count). The number of methoxy groups -OCH3 is 1. The van der Waals surface area contributed by atoms with Crippen LogP contribution in [0.5, 0.6) is 11.5 Å². The van der Waals surface area contributed by atoms with E-state index in [1.807, 2.05) is 102 Å². The highest BCUT2D eigenvalue weighted by molar-refractivity contribution is 7.15. The van der Waals surface area contributed by atoms with Crippen LogP contribution < -0.4 is 19.6 Å². The first kappa shape index (κ1) is 26.0. The molecule has 202 valence electrons. The lowest BCUT2D eigenvalue weighted by atomic mass is 10.1. The third kappa shape index (κ3) is 5.57. The number of fused-ring (bicyclic) bond motifs is 1. The van der Waals surface area contributed by atoms with Crippen LogP contribution in [0.15, 0.2) is 103 Å². The SMILES string of the molecule is C=CCOc1ccc(/C=C/c2nc3s/c(=C\c4cn(-c5ccccc5)nc4-c4ccc(OC)cc4)c(=O)n3n2)cc1. The molecule has 0 bridgehead atoms. The number of hydrogen-bond donors (Lipinski definition) is 0. The Morgan fingerprint density at radius 1 is 0.927 bits per heavy atom. The zero-order valence-electron chi connectivity index (χ0n) is 22.2. The van der Waals surface area contributed by atoms with Crippen LogP contribution >= 0.6 is 11.3 Å². The summed E-state index contributed by atoms with van der Waals surface area (Å²) in [7, 11) is 1.63. The van der Waals surface area contributed by atoms with Gasteiger partial charge in [-0.15, -0.1) is 5.10 Å². The first-order valence-corrected chi connectivity index (χ1v) is 13.7. The Morgan fingerprint density at radius 3 is 2.39 bits per heavy atom. The lowest BCUT2D eigenvalue weighted by Crippen LogP contribution is -2.23. The molecule has 9 heteroatoms. The molecule has 3 aromatic heterocycles. The molecule has 0 saturated heterocycles. The Labute approximate surface area is 239 Å². The molecule has 0 unspecified atom stereocenters. The van der Waals surface area contributed by atoms with E-state index in [2.05, 4.69) is 16.7 Å². The van der Waals surface area contributed by atoms with Gasteiger partial charge in [0.05, 0.1) is 17.3 Å². The topological polar surface area (TPSA) is 83.5 Å². The van der Waals surface area contributed by atoms with Crippen molar-refractivity contribution < 1.29 is 9.47 Å². The van der Waals surface area contributed by atoms with Crippen molar-refractivity contribution in [3.63, 3.8) is 0 Å². The fourth-order valence-electron chi connectivity index (χ4n) is 4.24. The van der Waals surface area contributed by atoms with Gasteiger partial charge in [0.25, 0.3) is 5.56 Å². The van der Waals surface area contributed by atoms with Crippen molar-refractivity contribution in [1.29, 1.82) is 0 Å². The van der Waals surface area contributed by atoms with Gasteiger partial charge in [0.2, 0.25) is 4.96 Å². The molecule has 0 radical (unpaired) electrons. The van der Waals surface area contributed by atoms with Gasteiger partial charge in [-0.05, 0) is 66.2 Å². The molecule has 0 spiro atoms. The van der Waals surface area contributed by atoms with E-state index in [0.717, 1.165) is 39.6 Å². The largest absolute Gasteiger partial charge is 0.497 e. The molecule has 3 heterocycles. The number of para-hydroxylation sites is 1. The highest BCUT2D eigenvalue weighted by Gasteiger charge is 2.14. The van der Waals surface area contributed by atoms with Crippen LogP contribution in [0.1, 0.15) is 17.0 Å². The molecule has 0 aliphatic rings. The molecule has 0 aliphatic heterocycles. The maximum atomic E-state index is 13.3. The summed E-state index contributed by atoms with van der Waals surface area (Å²) in [5, 5.41) is 9.27. The van der Waals surface area contributed by atoms with Crippen molar-refractivity contribution in [2.45, 2.75) is 0 Å². The molecular weight excluding hydrogens is 534 g/mol. The van der Waals surface area contributed by atoms with Gasteiger partial charge < -0.3 is 9.47 Å². The van der Waals surface area contributed by atoms with E-state index in [-0.39, 0.29) is 5.56 Å². The lowest BCUT2D eigenvalue weighted by Gasteiger charge is -2.02. The molecule has 0 fully saturated rings. The van der Waals surface area contributed by atoms with Gasteiger partial charge in [0.1, 0.15) is 23.8 Å². The van der Waals surface area contributed by atoms with E-state index in [0.29, 0.717) is 21.9 Å². The number of thiazole rings is 1. The highest BCUT2D eigenvalue weighted by Crippen LogP contribution is 2.26. The van der Waals surface area contributed by atoms with E-state index in [4.69, 9.17) is 14.6 Å². The number of hydrogen-bond acceptors (Lipinski definition) is 7. The van der Waals surface area contributed by atoms with Crippen molar-refractivity contribution in [2.24, 2.45) is 0 Å². The van der Waals surface area contributed by atoms with E-state index in [1.54, 1.807) is 19.3 Å². The summed E-state index contributed by atoms with van der Waals surface area (Å²) in [5.74, 6) is 1.99. The molecule has 3 aromatic carbocycles. The van der Waals surface area contributed by atoms with Gasteiger partial charge in [-0.2, -0.15) is 14.6 Å². The van der Waals surface area contributed by atoms with E-state index in [9.17, 15) is 4.79 Å². The number of benzene rings is 3. The molecule has 8 nitrogen and oxygen atoms in total. The van der Waals surface area contributed by atoms with Crippen LogP contribution in [0.25, 0.3) is 40.1 Å². The van der Waals surface area contributed by atoms with Crippen LogP contribution in [0.2, 0.25) is 0 Å². The summed E-state index contributed by atoms with van der Waals surface area (Å²) in [6, 6.07) is 25.2. The number of nitrogens with zero attached hydrogens (tertiary/aromatic N) is 5. The average molecular weight is 560 g/mol. The van der Waals surface area contributed by atoms with Crippen LogP contribution in [0, 0.1) is 0 Å². The van der Waals surface area contributed by atoms with Crippen molar-refractivity contribution in [1.82, 2.24) is 24.4 Å². The Kier molecular flexibility index (Phi) is 7.25. The first-order valence-electron chi connectivity index (χ1n) is 12.8. The van der Waals surface area contributed by atoms with Crippen LogP contribution in [-0.4, -0.2) is 38.1 Å². The van der Waals surface area contributed by atoms with Gasteiger partial charge in [0, 0.05) is 17.3 Å². The number of rotatable bonds is 9. The van der Waals surface area contributed by atoms with Crippen molar-refractivity contribution >= 4 is 34.5 Å². The Morgan fingerprint density at radius 2 is 1.68 bits per heavy atom. The zero-order chi connectivity index (χ0) is 28.2. The second-order valence-corrected chi connectivity index (χ2v) is 10.0. The number of ether oxygens (including phenoxy) is 2. The molecule has 0 saturated carbocycles. The monoisotopic (exact) mass is 559 g/mol. The second kappa shape index (κ2) is 11.4. The summed E-state index contributed by atoms with van der Waals surface area (Å²) in [6.07, 6.45) is 9.16. The Balaban J connectivity index is 1.33. The molecule has 0 aliphatic carbocycles. The van der Waals surface area contributed by atoms with Crippen molar-refractivity contribution in [3.8, 4) is 28.4 Å². The van der Waals surface area contributed by atoms with E-state index in [1.165, 1.54) is 15.9 Å². The molecule has 41 heavy (non-hydrogen) atoms. The third-order valence-corrected chi connectivity index (χ3v) is 7.24. The predicted octanol–water partition coefficient (Wildman–Crippen LogP) is 5.30. The smallest absolute Gasteiger partial charge is 0.291 e. The molecule has 0 atom stereocenters. The Hall–Kier alpha value is -5.28. The summed E-state index contributed by atoms with van der Waals surface area (Å²) in [4.78, 5) is 18.4. The number of aromatic nitrogens is 5. The normalized spacial score (nSPS) is 11.9.